The van der Waals surface area contributed by atoms with Gasteiger partial charge in [-0.05, 0) is 51.8 Å². The van der Waals surface area contributed by atoms with E-state index in [0.717, 1.165) is 13.1 Å². The second-order valence-electron chi connectivity index (χ2n) is 5.05. The summed E-state index contributed by atoms with van der Waals surface area (Å²) in [7, 11) is 0. The van der Waals surface area contributed by atoms with Gasteiger partial charge in [-0.25, -0.2) is 0 Å². The third kappa shape index (κ3) is 3.60. The molecule has 1 atom stereocenters. The Kier molecular flexibility index (Phi) is 5.76. The lowest BCUT2D eigenvalue weighted by Gasteiger charge is -2.17. The summed E-state index contributed by atoms with van der Waals surface area (Å²) in [6.07, 6.45) is 3.72. The van der Waals surface area contributed by atoms with Crippen LogP contribution in [0.5, 0.6) is 0 Å². The molecule has 0 aromatic carbocycles. The first-order valence-electron chi connectivity index (χ1n) is 6.99. The average molecular weight is 236 g/mol. The van der Waals surface area contributed by atoms with E-state index < -0.39 is 0 Å². The third-order valence-corrected chi connectivity index (χ3v) is 3.64. The van der Waals surface area contributed by atoms with Crippen molar-refractivity contribution in [3.63, 3.8) is 0 Å². The topological polar surface area (TPSA) is 17.0 Å². The van der Waals surface area contributed by atoms with Crippen LogP contribution >= 0.6 is 0 Å². The van der Waals surface area contributed by atoms with Crippen molar-refractivity contribution in [1.29, 1.82) is 0 Å². The van der Waals surface area contributed by atoms with Crippen molar-refractivity contribution in [3.8, 4) is 0 Å². The van der Waals surface area contributed by atoms with Gasteiger partial charge in [-0.1, -0.05) is 20.3 Å². The van der Waals surface area contributed by atoms with Gasteiger partial charge in [0.1, 0.15) is 0 Å². The van der Waals surface area contributed by atoms with E-state index >= 15 is 0 Å². The third-order valence-electron chi connectivity index (χ3n) is 3.64. The van der Waals surface area contributed by atoms with Crippen LogP contribution < -0.4 is 5.32 Å². The molecule has 0 aliphatic rings. The molecule has 17 heavy (non-hydrogen) atoms. The fourth-order valence-electron chi connectivity index (χ4n) is 2.41. The van der Waals surface area contributed by atoms with Gasteiger partial charge in [0.05, 0.1) is 0 Å². The van der Waals surface area contributed by atoms with E-state index in [1.54, 1.807) is 0 Å². The Morgan fingerprint density at radius 2 is 2.00 bits per heavy atom. The van der Waals surface area contributed by atoms with E-state index in [0.29, 0.717) is 6.04 Å². The summed E-state index contributed by atoms with van der Waals surface area (Å²) >= 11 is 0. The summed E-state index contributed by atoms with van der Waals surface area (Å²) in [5.74, 6) is 0. The normalized spacial score (nSPS) is 13.0. The zero-order valence-electron chi connectivity index (χ0n) is 12.1. The van der Waals surface area contributed by atoms with E-state index in [1.807, 2.05) is 0 Å². The Bertz CT molecular complexity index is 339. The Hall–Kier alpha value is -0.760. The van der Waals surface area contributed by atoms with Gasteiger partial charge in [0, 0.05) is 24.0 Å². The number of hydrogen-bond acceptors (Lipinski definition) is 1. The van der Waals surface area contributed by atoms with Crippen LogP contribution in [0.25, 0.3) is 0 Å². The van der Waals surface area contributed by atoms with Gasteiger partial charge >= 0.3 is 0 Å². The molecule has 1 rings (SSSR count). The van der Waals surface area contributed by atoms with Gasteiger partial charge in [0.2, 0.25) is 0 Å². The maximum atomic E-state index is 3.53. The highest BCUT2D eigenvalue weighted by molar-refractivity contribution is 5.27. The highest BCUT2D eigenvalue weighted by Gasteiger charge is 2.12. The summed E-state index contributed by atoms with van der Waals surface area (Å²) in [5.41, 5.74) is 4.28. The zero-order valence-corrected chi connectivity index (χ0v) is 12.1. The maximum Gasteiger partial charge on any atom is 0.0305 e. The van der Waals surface area contributed by atoms with Crippen LogP contribution in [0.4, 0.5) is 0 Å². The minimum absolute atomic E-state index is 0.611. The molecule has 0 bridgehead atoms. The minimum atomic E-state index is 0.611. The average Bonchev–Trinajstić information content (AvgIpc) is 2.59. The predicted octanol–water partition coefficient (Wildman–Crippen LogP) is 3.97. The fraction of sp³-hybridized carbons (Fsp3) is 0.733. The van der Waals surface area contributed by atoms with Crippen LogP contribution in [0.15, 0.2) is 6.07 Å². The van der Waals surface area contributed by atoms with Crippen molar-refractivity contribution in [1.82, 2.24) is 9.88 Å². The van der Waals surface area contributed by atoms with Crippen molar-refractivity contribution in [3.05, 3.63) is 23.0 Å². The number of hydrogen-bond donors (Lipinski definition) is 1. The molecule has 2 heteroatoms. The molecule has 1 aromatic rings. The van der Waals surface area contributed by atoms with Crippen LogP contribution in [-0.2, 0) is 6.54 Å². The zero-order chi connectivity index (χ0) is 12.8. The van der Waals surface area contributed by atoms with Crippen molar-refractivity contribution < 1.29 is 0 Å². The molecule has 0 amide bonds. The molecule has 0 aliphatic heterocycles. The van der Waals surface area contributed by atoms with Gasteiger partial charge in [-0.3, -0.25) is 0 Å². The molecule has 0 spiro atoms. The highest BCUT2D eigenvalue weighted by Crippen LogP contribution is 2.22. The van der Waals surface area contributed by atoms with Crippen molar-refractivity contribution in [2.45, 2.75) is 66.5 Å². The predicted molar refractivity (Wildman–Crippen MR) is 75.5 cm³/mol. The van der Waals surface area contributed by atoms with E-state index in [-0.39, 0.29) is 0 Å². The van der Waals surface area contributed by atoms with E-state index in [4.69, 9.17) is 0 Å². The molecule has 1 N–H and O–H groups in total. The SMILES string of the molecule is CCCCNCc1cc(C)n([C@@H](C)CC)c1C. The first-order valence-corrected chi connectivity index (χ1v) is 6.99. The molecular weight excluding hydrogens is 208 g/mol. The van der Waals surface area contributed by atoms with Crippen molar-refractivity contribution in [2.75, 3.05) is 6.54 Å². The Morgan fingerprint density at radius 3 is 2.59 bits per heavy atom. The molecular formula is C15H28N2. The quantitative estimate of drug-likeness (QED) is 0.709. The number of rotatable bonds is 7. The molecule has 2 nitrogen and oxygen atoms in total. The van der Waals surface area contributed by atoms with E-state index in [1.165, 1.54) is 36.2 Å². The van der Waals surface area contributed by atoms with E-state index in [9.17, 15) is 0 Å². The summed E-state index contributed by atoms with van der Waals surface area (Å²) in [4.78, 5) is 0. The number of aryl methyl sites for hydroxylation is 1. The Labute approximate surface area is 106 Å². The largest absolute Gasteiger partial charge is 0.346 e. The van der Waals surface area contributed by atoms with Gasteiger partial charge in [0.15, 0.2) is 0 Å². The molecule has 1 heterocycles. The minimum Gasteiger partial charge on any atom is -0.346 e. The van der Waals surface area contributed by atoms with Crippen LogP contribution in [0.3, 0.4) is 0 Å². The Balaban J connectivity index is 2.68. The fourth-order valence-corrected chi connectivity index (χ4v) is 2.41. The first-order chi connectivity index (χ1) is 8.11. The highest BCUT2D eigenvalue weighted by atomic mass is 15.0. The van der Waals surface area contributed by atoms with Crippen LogP contribution in [-0.4, -0.2) is 11.1 Å². The van der Waals surface area contributed by atoms with Crippen LogP contribution in [0, 0.1) is 13.8 Å². The number of aromatic nitrogens is 1. The molecule has 0 fully saturated rings. The van der Waals surface area contributed by atoms with Gasteiger partial charge in [-0.15, -0.1) is 0 Å². The summed E-state index contributed by atoms with van der Waals surface area (Å²) in [6, 6.07) is 2.94. The molecule has 0 saturated carbocycles. The number of unbranched alkanes of at least 4 members (excludes halogenated alkanes) is 1. The number of nitrogens with one attached hydrogen (secondary N) is 1. The van der Waals surface area contributed by atoms with E-state index in [2.05, 4.69) is 50.6 Å². The van der Waals surface area contributed by atoms with Gasteiger partial charge in [0.25, 0.3) is 0 Å². The molecule has 0 radical (unpaired) electrons. The molecule has 98 valence electrons. The second kappa shape index (κ2) is 6.85. The lowest BCUT2D eigenvalue weighted by atomic mass is 10.2. The van der Waals surface area contributed by atoms with Crippen molar-refractivity contribution in [2.24, 2.45) is 0 Å². The van der Waals surface area contributed by atoms with Crippen LogP contribution in [0.2, 0.25) is 0 Å². The summed E-state index contributed by atoms with van der Waals surface area (Å²) in [6.45, 7) is 13.4. The first kappa shape index (κ1) is 14.3. The molecule has 0 aliphatic carbocycles. The van der Waals surface area contributed by atoms with Crippen LogP contribution in [0.1, 0.15) is 63.0 Å². The second-order valence-corrected chi connectivity index (χ2v) is 5.05. The lowest BCUT2D eigenvalue weighted by Crippen LogP contribution is -2.15. The van der Waals surface area contributed by atoms with Gasteiger partial charge in [-0.2, -0.15) is 0 Å². The monoisotopic (exact) mass is 236 g/mol. The summed E-state index contributed by atoms with van der Waals surface area (Å²) < 4.78 is 2.47. The Morgan fingerprint density at radius 1 is 1.29 bits per heavy atom. The smallest absolute Gasteiger partial charge is 0.0305 e. The maximum absolute atomic E-state index is 3.53. The van der Waals surface area contributed by atoms with Crippen molar-refractivity contribution >= 4 is 0 Å². The number of nitrogens with zero attached hydrogens (tertiary/aromatic N) is 1. The standard InChI is InChI=1S/C15H28N2/c1-6-8-9-16-11-15-10-13(4)17(14(15)5)12(3)7-2/h10,12,16H,6-9,11H2,1-5H3/t12-/m0/s1. The summed E-state index contributed by atoms with van der Waals surface area (Å²) in [5, 5.41) is 3.53. The van der Waals surface area contributed by atoms with Gasteiger partial charge < -0.3 is 9.88 Å². The molecule has 0 saturated heterocycles. The lowest BCUT2D eigenvalue weighted by molar-refractivity contribution is 0.509. The molecule has 0 unspecified atom stereocenters. The molecule has 1 aromatic heterocycles.